The highest BCUT2D eigenvalue weighted by molar-refractivity contribution is 7.91. The first-order valence-electron chi connectivity index (χ1n) is 8.75. The maximum absolute atomic E-state index is 12.9. The van der Waals surface area contributed by atoms with Crippen LogP contribution in [-0.2, 0) is 21.2 Å². The highest BCUT2D eigenvalue weighted by Crippen LogP contribution is 2.38. The molecule has 2 rings (SSSR count). The van der Waals surface area contributed by atoms with Crippen LogP contribution in [0.4, 0.5) is 24.5 Å². The summed E-state index contributed by atoms with van der Waals surface area (Å²) >= 11 is 6.25. The molecule has 2 aromatic carbocycles. The quantitative estimate of drug-likeness (QED) is 0.575. The number of alkyl halides is 3. The van der Waals surface area contributed by atoms with Crippen LogP contribution in [0, 0.1) is 0 Å². The van der Waals surface area contributed by atoms with E-state index in [0.29, 0.717) is 6.92 Å². The Balaban J connectivity index is 2.46. The number of carbonyl (C=O) groups is 1. The zero-order valence-corrected chi connectivity index (χ0v) is 17.6. The summed E-state index contributed by atoms with van der Waals surface area (Å²) in [4.78, 5) is 11.8. The number of amides is 1. The fourth-order valence-corrected chi connectivity index (χ4v) is 3.80. The van der Waals surface area contributed by atoms with Gasteiger partial charge in [-0.1, -0.05) is 48.9 Å². The van der Waals surface area contributed by atoms with E-state index in [1.54, 1.807) is 30.3 Å². The number of nitrogens with one attached hydrogen (secondary N) is 2. The largest absolute Gasteiger partial charge is 0.426 e. The van der Waals surface area contributed by atoms with Crippen LogP contribution in [0.2, 0.25) is 5.02 Å². The van der Waals surface area contributed by atoms with Gasteiger partial charge in [-0.15, -0.1) is 0 Å². The SMILES string of the molecule is CCS(=O)(=O)c1ccc(NC(=O)[C@@](C)(O)C(F)(F)F)c(Cl)c1NCc1ccccc1. The van der Waals surface area contributed by atoms with Crippen molar-refractivity contribution >= 4 is 38.7 Å². The van der Waals surface area contributed by atoms with E-state index in [0.717, 1.165) is 17.7 Å². The summed E-state index contributed by atoms with van der Waals surface area (Å²) in [5, 5.41) is 14.0. The molecule has 0 bridgehead atoms. The van der Waals surface area contributed by atoms with Crippen molar-refractivity contribution < 1.29 is 31.5 Å². The Morgan fingerprint density at radius 3 is 2.27 bits per heavy atom. The normalized spacial score (nSPS) is 14.1. The standard InChI is InChI=1S/C19H20ClF3N2O4S/c1-3-30(28,29)14-10-9-13(25-17(26)18(2,27)19(21,22)23)15(20)16(14)24-11-12-7-5-4-6-8-12/h4-10,24,27H,3,11H2,1-2H3,(H,25,26)/t18-/m1/s1. The van der Waals surface area contributed by atoms with Gasteiger partial charge < -0.3 is 15.7 Å². The third kappa shape index (κ3) is 5.05. The molecule has 0 radical (unpaired) electrons. The average Bonchev–Trinajstić information content (AvgIpc) is 2.68. The number of sulfone groups is 1. The first-order valence-corrected chi connectivity index (χ1v) is 10.8. The zero-order valence-electron chi connectivity index (χ0n) is 16.0. The van der Waals surface area contributed by atoms with Gasteiger partial charge in [-0.2, -0.15) is 13.2 Å². The molecule has 0 fully saturated rings. The minimum Gasteiger partial charge on any atom is -0.379 e. The summed E-state index contributed by atoms with van der Waals surface area (Å²) in [6, 6.07) is 11.1. The van der Waals surface area contributed by atoms with Crippen LogP contribution in [0.1, 0.15) is 19.4 Å². The number of rotatable bonds is 7. The Morgan fingerprint density at radius 1 is 1.13 bits per heavy atom. The second-order valence-corrected chi connectivity index (χ2v) is 9.19. The number of aliphatic hydroxyl groups is 1. The Hall–Kier alpha value is -2.30. The van der Waals surface area contributed by atoms with Gasteiger partial charge in [-0.05, 0) is 24.6 Å². The second kappa shape index (κ2) is 8.83. The summed E-state index contributed by atoms with van der Waals surface area (Å²) in [5.41, 5.74) is -3.21. The molecule has 11 heteroatoms. The van der Waals surface area contributed by atoms with Crippen LogP contribution < -0.4 is 10.6 Å². The third-order valence-corrected chi connectivity index (χ3v) is 6.54. The molecule has 0 spiro atoms. The predicted octanol–water partition coefficient (Wildman–Crippen LogP) is 4.00. The van der Waals surface area contributed by atoms with Gasteiger partial charge in [-0.25, -0.2) is 8.42 Å². The van der Waals surface area contributed by atoms with E-state index >= 15 is 0 Å². The van der Waals surface area contributed by atoms with Gasteiger partial charge in [0.2, 0.25) is 5.60 Å². The minimum atomic E-state index is -5.22. The van der Waals surface area contributed by atoms with Crippen molar-refractivity contribution in [2.24, 2.45) is 0 Å². The number of halogens is 4. The molecule has 0 heterocycles. The number of anilines is 2. The number of carbonyl (C=O) groups excluding carboxylic acids is 1. The minimum absolute atomic E-state index is 0.0631. The number of hydrogen-bond donors (Lipinski definition) is 3. The summed E-state index contributed by atoms with van der Waals surface area (Å²) in [6.07, 6.45) is -5.22. The highest BCUT2D eigenvalue weighted by atomic mass is 35.5. The van der Waals surface area contributed by atoms with Crippen molar-refractivity contribution in [2.45, 2.75) is 37.1 Å². The third-order valence-electron chi connectivity index (χ3n) is 4.37. The lowest BCUT2D eigenvalue weighted by Gasteiger charge is -2.25. The van der Waals surface area contributed by atoms with Crippen LogP contribution in [0.5, 0.6) is 0 Å². The number of benzene rings is 2. The average molecular weight is 465 g/mol. The molecule has 1 atom stereocenters. The lowest BCUT2D eigenvalue weighted by Crippen LogP contribution is -2.52. The van der Waals surface area contributed by atoms with Crippen LogP contribution in [-0.4, -0.2) is 37.0 Å². The van der Waals surface area contributed by atoms with Gasteiger partial charge >= 0.3 is 6.18 Å². The van der Waals surface area contributed by atoms with Crippen molar-refractivity contribution in [3.8, 4) is 0 Å². The summed E-state index contributed by atoms with van der Waals surface area (Å²) in [6.45, 7) is 1.91. The molecule has 30 heavy (non-hydrogen) atoms. The summed E-state index contributed by atoms with van der Waals surface area (Å²) < 4.78 is 63.6. The van der Waals surface area contributed by atoms with Gasteiger partial charge in [-0.3, -0.25) is 4.79 Å². The van der Waals surface area contributed by atoms with Crippen molar-refractivity contribution in [3.63, 3.8) is 0 Å². The first kappa shape index (κ1) is 24.0. The van der Waals surface area contributed by atoms with Gasteiger partial charge in [0.25, 0.3) is 5.91 Å². The molecule has 0 aliphatic heterocycles. The predicted molar refractivity (Wildman–Crippen MR) is 108 cm³/mol. The van der Waals surface area contributed by atoms with E-state index in [-0.39, 0.29) is 33.6 Å². The van der Waals surface area contributed by atoms with Crippen LogP contribution in [0.25, 0.3) is 0 Å². The van der Waals surface area contributed by atoms with Crippen molar-refractivity contribution in [2.75, 3.05) is 16.4 Å². The Morgan fingerprint density at radius 2 is 1.73 bits per heavy atom. The molecular weight excluding hydrogens is 445 g/mol. The van der Waals surface area contributed by atoms with E-state index in [1.807, 2.05) is 5.32 Å². The lowest BCUT2D eigenvalue weighted by atomic mass is 10.1. The Kier molecular flexibility index (Phi) is 7.05. The van der Waals surface area contributed by atoms with E-state index in [4.69, 9.17) is 11.6 Å². The Bertz CT molecular complexity index is 1030. The van der Waals surface area contributed by atoms with E-state index in [1.165, 1.54) is 6.92 Å². The zero-order chi connectivity index (χ0) is 22.7. The maximum Gasteiger partial charge on any atom is 0.426 e. The molecular formula is C19H20ClF3N2O4S. The maximum atomic E-state index is 12.9. The topological polar surface area (TPSA) is 95.5 Å². The monoisotopic (exact) mass is 464 g/mol. The van der Waals surface area contributed by atoms with Crippen LogP contribution in [0.3, 0.4) is 0 Å². The van der Waals surface area contributed by atoms with Crippen LogP contribution >= 0.6 is 11.6 Å². The molecule has 6 nitrogen and oxygen atoms in total. The molecule has 0 saturated heterocycles. The molecule has 1 amide bonds. The van der Waals surface area contributed by atoms with Gasteiger partial charge in [0.05, 0.1) is 27.0 Å². The fourth-order valence-electron chi connectivity index (χ4n) is 2.39. The molecule has 3 N–H and O–H groups in total. The van der Waals surface area contributed by atoms with Gasteiger partial charge in [0, 0.05) is 6.54 Å². The van der Waals surface area contributed by atoms with Crippen molar-refractivity contribution in [1.29, 1.82) is 0 Å². The molecule has 0 aromatic heterocycles. The highest BCUT2D eigenvalue weighted by Gasteiger charge is 2.55. The molecule has 0 aliphatic carbocycles. The Labute approximate surface area is 177 Å². The number of hydrogen-bond acceptors (Lipinski definition) is 5. The lowest BCUT2D eigenvalue weighted by molar-refractivity contribution is -0.242. The van der Waals surface area contributed by atoms with Crippen LogP contribution in [0.15, 0.2) is 47.4 Å². The smallest absolute Gasteiger partial charge is 0.379 e. The first-order chi connectivity index (χ1) is 13.8. The molecule has 164 valence electrons. The fraction of sp³-hybridized carbons (Fsp3) is 0.316. The summed E-state index contributed by atoms with van der Waals surface area (Å²) in [7, 11) is -3.74. The summed E-state index contributed by atoms with van der Waals surface area (Å²) in [5.74, 6) is -1.99. The van der Waals surface area contributed by atoms with Crippen molar-refractivity contribution in [3.05, 3.63) is 53.1 Å². The second-order valence-electron chi connectivity index (χ2n) is 6.57. The van der Waals surface area contributed by atoms with Crippen molar-refractivity contribution in [1.82, 2.24) is 0 Å². The van der Waals surface area contributed by atoms with E-state index in [9.17, 15) is 31.5 Å². The molecule has 0 saturated carbocycles. The van der Waals surface area contributed by atoms with E-state index < -0.39 is 27.5 Å². The van der Waals surface area contributed by atoms with Gasteiger partial charge in [0.1, 0.15) is 0 Å². The molecule has 2 aromatic rings. The van der Waals surface area contributed by atoms with Gasteiger partial charge in [0.15, 0.2) is 9.84 Å². The molecule has 0 aliphatic rings. The molecule has 0 unspecified atom stereocenters. The van der Waals surface area contributed by atoms with E-state index in [2.05, 4.69) is 5.32 Å².